The average Bonchev–Trinajstić information content (AvgIpc) is 2.87. The molecule has 0 amide bonds. The number of esters is 1. The number of hydrogen-bond donors (Lipinski definition) is 1. The van der Waals surface area contributed by atoms with E-state index in [0.717, 1.165) is 24.8 Å². The van der Waals surface area contributed by atoms with Crippen molar-refractivity contribution in [2.24, 2.45) is 11.7 Å². The van der Waals surface area contributed by atoms with Gasteiger partial charge in [-0.1, -0.05) is 12.8 Å². The SMILES string of the molecule is CCOC(=O)C(C)(N)CCCCN1CCC2CCCCC21. The van der Waals surface area contributed by atoms with Crippen molar-refractivity contribution in [1.82, 2.24) is 4.90 Å². The third-order valence-electron chi connectivity index (χ3n) is 5.26. The molecular formula is C17H32N2O2. The van der Waals surface area contributed by atoms with Crippen LogP contribution in [0.25, 0.3) is 0 Å². The molecule has 2 aliphatic rings. The van der Waals surface area contributed by atoms with Crippen LogP contribution < -0.4 is 5.73 Å². The molecule has 0 radical (unpaired) electrons. The van der Waals surface area contributed by atoms with Crippen LogP contribution in [0.4, 0.5) is 0 Å². The lowest BCUT2D eigenvalue weighted by molar-refractivity contribution is -0.149. The molecule has 122 valence electrons. The fourth-order valence-corrected chi connectivity index (χ4v) is 3.99. The molecule has 0 bridgehead atoms. The van der Waals surface area contributed by atoms with Gasteiger partial charge in [0.1, 0.15) is 5.54 Å². The summed E-state index contributed by atoms with van der Waals surface area (Å²) in [6.45, 7) is 6.45. The maximum absolute atomic E-state index is 11.7. The largest absolute Gasteiger partial charge is 0.465 e. The average molecular weight is 296 g/mol. The summed E-state index contributed by atoms with van der Waals surface area (Å²) in [5.41, 5.74) is 5.23. The van der Waals surface area contributed by atoms with Crippen LogP contribution in [0.1, 0.15) is 65.2 Å². The van der Waals surface area contributed by atoms with E-state index in [1.165, 1.54) is 45.2 Å². The molecule has 1 aliphatic carbocycles. The van der Waals surface area contributed by atoms with Crippen molar-refractivity contribution in [2.45, 2.75) is 76.8 Å². The number of hydrogen-bond acceptors (Lipinski definition) is 4. The Kier molecular flexibility index (Phi) is 6.06. The van der Waals surface area contributed by atoms with Crippen LogP contribution in [0.5, 0.6) is 0 Å². The van der Waals surface area contributed by atoms with Gasteiger partial charge in [0.2, 0.25) is 0 Å². The van der Waals surface area contributed by atoms with Crippen LogP contribution in [-0.4, -0.2) is 42.1 Å². The summed E-state index contributed by atoms with van der Waals surface area (Å²) in [6, 6.07) is 0.841. The van der Waals surface area contributed by atoms with Crippen LogP contribution in [0, 0.1) is 5.92 Å². The number of nitrogens with zero attached hydrogens (tertiary/aromatic N) is 1. The van der Waals surface area contributed by atoms with E-state index in [4.69, 9.17) is 10.5 Å². The predicted octanol–water partition coefficient (Wildman–Crippen LogP) is 2.70. The minimum absolute atomic E-state index is 0.265. The molecule has 3 unspecified atom stereocenters. The van der Waals surface area contributed by atoms with Gasteiger partial charge in [0.25, 0.3) is 0 Å². The molecule has 2 rings (SSSR count). The number of nitrogens with two attached hydrogens (primary N) is 1. The molecular weight excluding hydrogens is 264 g/mol. The summed E-state index contributed by atoms with van der Waals surface area (Å²) in [5.74, 6) is 0.691. The molecule has 0 aromatic rings. The molecule has 21 heavy (non-hydrogen) atoms. The second-order valence-electron chi connectivity index (χ2n) is 7.03. The van der Waals surface area contributed by atoms with E-state index in [2.05, 4.69) is 4.90 Å². The quantitative estimate of drug-likeness (QED) is 0.580. The van der Waals surface area contributed by atoms with E-state index >= 15 is 0 Å². The van der Waals surface area contributed by atoms with Crippen molar-refractivity contribution in [3.05, 3.63) is 0 Å². The number of unbranched alkanes of at least 4 members (excludes halogenated alkanes) is 1. The van der Waals surface area contributed by atoms with Crippen molar-refractivity contribution >= 4 is 5.97 Å². The topological polar surface area (TPSA) is 55.6 Å². The Labute approximate surface area is 129 Å². The number of ether oxygens (including phenoxy) is 1. The minimum atomic E-state index is -0.825. The van der Waals surface area contributed by atoms with Gasteiger partial charge in [0.05, 0.1) is 6.61 Å². The molecule has 4 nitrogen and oxygen atoms in total. The molecule has 1 aliphatic heterocycles. The van der Waals surface area contributed by atoms with E-state index in [-0.39, 0.29) is 5.97 Å². The van der Waals surface area contributed by atoms with Crippen LogP contribution >= 0.6 is 0 Å². The van der Waals surface area contributed by atoms with Gasteiger partial charge in [-0.15, -0.1) is 0 Å². The van der Waals surface area contributed by atoms with Gasteiger partial charge in [-0.2, -0.15) is 0 Å². The van der Waals surface area contributed by atoms with Gasteiger partial charge in [-0.3, -0.25) is 4.79 Å². The molecule has 0 spiro atoms. The van der Waals surface area contributed by atoms with Crippen LogP contribution in [0.15, 0.2) is 0 Å². The first-order valence-corrected chi connectivity index (χ1v) is 8.74. The van der Waals surface area contributed by atoms with Gasteiger partial charge < -0.3 is 15.4 Å². The summed E-state index contributed by atoms with van der Waals surface area (Å²) in [7, 11) is 0. The van der Waals surface area contributed by atoms with E-state index in [1.54, 1.807) is 6.92 Å². The second kappa shape index (κ2) is 7.59. The fourth-order valence-electron chi connectivity index (χ4n) is 3.99. The highest BCUT2D eigenvalue weighted by Gasteiger charge is 2.35. The number of carbonyl (C=O) groups is 1. The maximum atomic E-state index is 11.7. The zero-order valence-corrected chi connectivity index (χ0v) is 13.8. The highest BCUT2D eigenvalue weighted by atomic mass is 16.5. The fraction of sp³-hybridized carbons (Fsp3) is 0.941. The number of fused-ring (bicyclic) bond motifs is 1. The number of carbonyl (C=O) groups excluding carboxylic acids is 1. The summed E-state index contributed by atoms with van der Waals surface area (Å²) < 4.78 is 5.03. The Morgan fingerprint density at radius 1 is 1.29 bits per heavy atom. The lowest BCUT2D eigenvalue weighted by Crippen LogP contribution is -2.46. The van der Waals surface area contributed by atoms with Gasteiger partial charge >= 0.3 is 5.97 Å². The highest BCUT2D eigenvalue weighted by molar-refractivity contribution is 5.79. The van der Waals surface area contributed by atoms with E-state index in [9.17, 15) is 4.79 Å². The van der Waals surface area contributed by atoms with Gasteiger partial charge in [-0.05, 0) is 71.4 Å². The van der Waals surface area contributed by atoms with Crippen molar-refractivity contribution in [1.29, 1.82) is 0 Å². The normalized spacial score (nSPS) is 28.9. The monoisotopic (exact) mass is 296 g/mol. The minimum Gasteiger partial charge on any atom is -0.465 e. The number of rotatable bonds is 7. The summed E-state index contributed by atoms with van der Waals surface area (Å²) >= 11 is 0. The first-order valence-electron chi connectivity index (χ1n) is 8.74. The van der Waals surface area contributed by atoms with Gasteiger partial charge in [0, 0.05) is 6.04 Å². The van der Waals surface area contributed by atoms with Crippen molar-refractivity contribution in [2.75, 3.05) is 19.7 Å². The molecule has 2 N–H and O–H groups in total. The van der Waals surface area contributed by atoms with Gasteiger partial charge in [0.15, 0.2) is 0 Å². The summed E-state index contributed by atoms with van der Waals surface area (Å²) in [4.78, 5) is 14.4. The zero-order valence-electron chi connectivity index (χ0n) is 13.8. The zero-order chi connectivity index (χ0) is 15.3. The van der Waals surface area contributed by atoms with Crippen LogP contribution in [0.3, 0.4) is 0 Å². The maximum Gasteiger partial charge on any atom is 0.325 e. The lowest BCUT2D eigenvalue weighted by atomic mass is 9.85. The standard InChI is InChI=1S/C17H32N2O2/c1-3-21-16(20)17(2,18)11-6-7-12-19-13-10-14-8-4-5-9-15(14)19/h14-15H,3-13,18H2,1-2H3. The molecule has 2 fully saturated rings. The molecule has 4 heteroatoms. The molecule has 0 aromatic carbocycles. The molecule has 1 saturated heterocycles. The smallest absolute Gasteiger partial charge is 0.325 e. The first kappa shape index (κ1) is 16.8. The van der Waals surface area contributed by atoms with E-state index in [0.29, 0.717) is 13.0 Å². The lowest BCUT2D eigenvalue weighted by Gasteiger charge is -2.32. The molecule has 3 atom stereocenters. The highest BCUT2D eigenvalue weighted by Crippen LogP contribution is 2.36. The summed E-state index contributed by atoms with van der Waals surface area (Å²) in [6.07, 6.45) is 9.90. The Bertz CT molecular complexity index is 344. The van der Waals surface area contributed by atoms with Crippen LogP contribution in [-0.2, 0) is 9.53 Å². The first-order chi connectivity index (χ1) is 10.0. The van der Waals surface area contributed by atoms with E-state index < -0.39 is 5.54 Å². The van der Waals surface area contributed by atoms with Crippen LogP contribution in [0.2, 0.25) is 0 Å². The van der Waals surface area contributed by atoms with Crippen molar-refractivity contribution in [3.8, 4) is 0 Å². The Hall–Kier alpha value is -0.610. The molecule has 1 saturated carbocycles. The second-order valence-corrected chi connectivity index (χ2v) is 7.03. The van der Waals surface area contributed by atoms with E-state index in [1.807, 2.05) is 6.92 Å². The predicted molar refractivity (Wildman–Crippen MR) is 85.0 cm³/mol. The number of likely N-dealkylation sites (tertiary alicyclic amines) is 1. The Morgan fingerprint density at radius 3 is 2.81 bits per heavy atom. The third-order valence-corrected chi connectivity index (χ3v) is 5.26. The Morgan fingerprint density at radius 2 is 2.05 bits per heavy atom. The van der Waals surface area contributed by atoms with Crippen molar-refractivity contribution < 1.29 is 9.53 Å². The van der Waals surface area contributed by atoms with Gasteiger partial charge in [-0.25, -0.2) is 0 Å². The molecule has 0 aromatic heterocycles. The van der Waals surface area contributed by atoms with Crippen molar-refractivity contribution in [3.63, 3.8) is 0 Å². The molecule has 1 heterocycles. The summed E-state index contributed by atoms with van der Waals surface area (Å²) in [5, 5.41) is 0. The Balaban J connectivity index is 1.66. The third kappa shape index (κ3) is 4.43.